The number of halogens is 2. The maximum atomic E-state index is 12.9. The summed E-state index contributed by atoms with van der Waals surface area (Å²) in [6, 6.07) is 3.21. The van der Waals surface area contributed by atoms with Crippen LogP contribution in [0.1, 0.15) is 41.2 Å². The van der Waals surface area contributed by atoms with Gasteiger partial charge in [0.1, 0.15) is 16.8 Å². The van der Waals surface area contributed by atoms with Crippen molar-refractivity contribution < 1.29 is 22.7 Å². The zero-order chi connectivity index (χ0) is 26.7. The van der Waals surface area contributed by atoms with Crippen LogP contribution in [0.5, 0.6) is 0 Å². The predicted molar refractivity (Wildman–Crippen MR) is 144 cm³/mol. The van der Waals surface area contributed by atoms with E-state index >= 15 is 0 Å². The number of carbonyl (C=O) groups is 1. The predicted octanol–water partition coefficient (Wildman–Crippen LogP) is 4.75. The van der Waals surface area contributed by atoms with Gasteiger partial charge in [0.25, 0.3) is 0 Å². The number of pyridine rings is 1. The first-order valence-corrected chi connectivity index (χ1v) is 14.7. The van der Waals surface area contributed by atoms with Crippen LogP contribution in [0.3, 0.4) is 0 Å². The number of nitrogens with zero attached hydrogens (tertiary/aromatic N) is 3. The smallest absolute Gasteiger partial charge is 0.246 e. The maximum absolute atomic E-state index is 12.9. The number of aryl methyl sites for hydroxylation is 1. The molecule has 1 aliphatic heterocycles. The van der Waals surface area contributed by atoms with Crippen LogP contribution in [0.2, 0.25) is 9.36 Å². The van der Waals surface area contributed by atoms with Gasteiger partial charge in [-0.2, -0.15) is 0 Å². The molecule has 13 heteroatoms. The van der Waals surface area contributed by atoms with E-state index in [1.54, 1.807) is 24.5 Å². The largest absolute Gasteiger partial charge is 0.441 e. The fourth-order valence-electron chi connectivity index (χ4n) is 4.19. The lowest BCUT2D eigenvalue weighted by atomic mass is 9.96. The van der Waals surface area contributed by atoms with E-state index in [-0.39, 0.29) is 11.6 Å². The molecule has 0 radical (unpaired) electrons. The molecule has 0 bridgehead atoms. The summed E-state index contributed by atoms with van der Waals surface area (Å²) in [5.74, 6) is 0.458. The number of hydrogen-bond acceptors (Lipinski definition) is 9. The van der Waals surface area contributed by atoms with E-state index < -0.39 is 27.1 Å². The summed E-state index contributed by atoms with van der Waals surface area (Å²) < 4.78 is 34.1. The number of aliphatic hydroxyl groups excluding tert-OH is 1. The molecule has 0 aliphatic carbocycles. The van der Waals surface area contributed by atoms with Gasteiger partial charge in [0.15, 0.2) is 0 Å². The summed E-state index contributed by atoms with van der Waals surface area (Å²) in [7, 11) is -4.03. The molecule has 1 amide bonds. The van der Waals surface area contributed by atoms with Gasteiger partial charge < -0.3 is 14.4 Å². The second-order valence-electron chi connectivity index (χ2n) is 8.50. The highest BCUT2D eigenvalue weighted by atomic mass is 35.5. The summed E-state index contributed by atoms with van der Waals surface area (Å²) in [6.45, 7) is 6.09. The first-order chi connectivity index (χ1) is 17.7. The van der Waals surface area contributed by atoms with Gasteiger partial charge in [0.05, 0.1) is 27.7 Å². The number of rotatable bonds is 9. The molecule has 1 fully saturated rings. The summed E-state index contributed by atoms with van der Waals surface area (Å²) in [6.07, 6.45) is 5.95. The minimum atomic E-state index is -4.03. The molecule has 198 valence electrons. The molecule has 0 saturated carbocycles. The van der Waals surface area contributed by atoms with Crippen LogP contribution in [-0.4, -0.2) is 42.5 Å². The first-order valence-electron chi connectivity index (χ1n) is 11.6. The van der Waals surface area contributed by atoms with Gasteiger partial charge in [-0.25, -0.2) is 18.4 Å². The zero-order valence-corrected chi connectivity index (χ0v) is 23.1. The fourth-order valence-corrected chi connectivity index (χ4v) is 7.29. The highest BCUT2D eigenvalue weighted by Gasteiger charge is 2.33. The minimum absolute atomic E-state index is 0.283. The molecule has 1 saturated heterocycles. The van der Waals surface area contributed by atoms with Gasteiger partial charge in [0.2, 0.25) is 21.8 Å². The van der Waals surface area contributed by atoms with Gasteiger partial charge in [-0.3, -0.25) is 9.52 Å². The Balaban J connectivity index is 1.44. The van der Waals surface area contributed by atoms with Crippen molar-refractivity contribution in [3.8, 4) is 11.5 Å². The number of sulfonamides is 1. The monoisotopic (exact) mass is 584 g/mol. The lowest BCUT2D eigenvalue weighted by molar-refractivity contribution is -0.123. The number of aromatic nitrogens is 2. The molecule has 1 atom stereocenters. The minimum Gasteiger partial charge on any atom is -0.441 e. The van der Waals surface area contributed by atoms with E-state index in [0.717, 1.165) is 11.3 Å². The normalized spacial score (nSPS) is 15.5. The van der Waals surface area contributed by atoms with Crippen molar-refractivity contribution in [2.75, 3.05) is 18.0 Å². The van der Waals surface area contributed by atoms with Crippen molar-refractivity contribution in [3.05, 3.63) is 62.7 Å². The third kappa shape index (κ3) is 5.85. The average molecular weight is 586 g/mol. The van der Waals surface area contributed by atoms with Crippen LogP contribution in [-0.2, 0) is 27.8 Å². The zero-order valence-electron chi connectivity index (χ0n) is 20.0. The van der Waals surface area contributed by atoms with E-state index in [9.17, 15) is 18.3 Å². The van der Waals surface area contributed by atoms with Crippen molar-refractivity contribution in [1.82, 2.24) is 14.7 Å². The Hall–Kier alpha value is -2.44. The third-order valence-corrected chi connectivity index (χ3v) is 9.69. The van der Waals surface area contributed by atoms with E-state index in [2.05, 4.69) is 21.3 Å². The molecule has 9 nitrogen and oxygen atoms in total. The molecular formula is C24H26Cl2N4O5S2. The highest BCUT2D eigenvalue weighted by Crippen LogP contribution is 2.36. The van der Waals surface area contributed by atoms with E-state index in [1.165, 1.54) is 6.08 Å². The van der Waals surface area contributed by atoms with Crippen LogP contribution in [0.25, 0.3) is 11.5 Å². The molecule has 0 aromatic carbocycles. The number of piperidine rings is 1. The SMILES string of the molecule is C=CC(c1ccc(Cl)s1)S(=O)(=O)NC(=O)C1CCN(c2ncc(-c3ncc(CC)o3)c(CO)c2Cl)CC1. The second-order valence-corrected chi connectivity index (χ2v) is 12.4. The number of nitrogens with one attached hydrogen (secondary N) is 1. The van der Waals surface area contributed by atoms with Crippen molar-refractivity contribution in [3.63, 3.8) is 0 Å². The Kier molecular flexibility index (Phi) is 8.59. The molecule has 4 rings (SSSR count). The van der Waals surface area contributed by atoms with Crippen molar-refractivity contribution in [1.29, 1.82) is 0 Å². The third-order valence-electron chi connectivity index (χ3n) is 6.22. The standard InChI is InChI=1S/C24H26Cl2N4O5S2/c1-3-15-11-28-24(35-15)16-12-27-22(21(26)17(16)13-31)30-9-7-14(8-10-30)23(32)29-37(33,34)19(4-2)18-5-6-20(25)36-18/h4-6,11-12,14,19,31H,2-3,7-10,13H2,1H3,(H,29,32). The first kappa shape index (κ1) is 27.6. The van der Waals surface area contributed by atoms with E-state index in [4.69, 9.17) is 27.6 Å². The maximum Gasteiger partial charge on any atom is 0.246 e. The van der Waals surface area contributed by atoms with Crippen LogP contribution in [0, 0.1) is 5.92 Å². The summed E-state index contributed by atoms with van der Waals surface area (Å²) in [4.78, 5) is 24.0. The molecular weight excluding hydrogens is 559 g/mol. The number of hydrogen-bond donors (Lipinski definition) is 2. The lowest BCUT2D eigenvalue weighted by Crippen LogP contribution is -2.43. The summed E-state index contributed by atoms with van der Waals surface area (Å²) >= 11 is 13.7. The van der Waals surface area contributed by atoms with Crippen LogP contribution >= 0.6 is 34.5 Å². The molecule has 1 unspecified atom stereocenters. The molecule has 2 N–H and O–H groups in total. The Bertz CT molecular complexity index is 1400. The quantitative estimate of drug-likeness (QED) is 0.345. The molecule has 3 aromatic rings. The van der Waals surface area contributed by atoms with Gasteiger partial charge in [-0.15, -0.1) is 17.9 Å². The molecule has 0 spiro atoms. The number of carbonyl (C=O) groups excluding carboxylic acids is 1. The average Bonchev–Trinajstić information content (AvgIpc) is 3.53. The molecule has 1 aliphatic rings. The molecule has 37 heavy (non-hydrogen) atoms. The van der Waals surface area contributed by atoms with Crippen LogP contribution < -0.4 is 9.62 Å². The number of anilines is 1. The van der Waals surface area contributed by atoms with Crippen LogP contribution in [0.15, 0.2) is 41.6 Å². The fraction of sp³-hybridized carbons (Fsp3) is 0.375. The Morgan fingerprint density at radius 3 is 2.62 bits per heavy atom. The lowest BCUT2D eigenvalue weighted by Gasteiger charge is -2.33. The number of oxazole rings is 1. The van der Waals surface area contributed by atoms with E-state index in [0.29, 0.717) is 70.2 Å². The van der Waals surface area contributed by atoms with Gasteiger partial charge in [-0.1, -0.05) is 36.2 Å². The van der Waals surface area contributed by atoms with Crippen molar-refractivity contribution >= 4 is 56.3 Å². The van der Waals surface area contributed by atoms with Gasteiger partial charge >= 0.3 is 0 Å². The molecule has 3 aromatic heterocycles. The number of thiophene rings is 1. The molecule has 4 heterocycles. The van der Waals surface area contributed by atoms with Gasteiger partial charge in [0, 0.05) is 42.1 Å². The number of aliphatic hydroxyl groups is 1. The van der Waals surface area contributed by atoms with E-state index in [1.807, 2.05) is 11.8 Å². The second kappa shape index (κ2) is 11.5. The van der Waals surface area contributed by atoms with Crippen molar-refractivity contribution in [2.24, 2.45) is 5.92 Å². The summed E-state index contributed by atoms with van der Waals surface area (Å²) in [5.41, 5.74) is 0.963. The Morgan fingerprint density at radius 2 is 2.05 bits per heavy atom. The highest BCUT2D eigenvalue weighted by molar-refractivity contribution is 7.90. The van der Waals surface area contributed by atoms with Crippen LogP contribution in [0.4, 0.5) is 5.82 Å². The Morgan fingerprint density at radius 1 is 1.32 bits per heavy atom. The number of amides is 1. The van der Waals surface area contributed by atoms with Gasteiger partial charge in [-0.05, 0) is 25.0 Å². The topological polar surface area (TPSA) is 126 Å². The van der Waals surface area contributed by atoms with Crippen molar-refractivity contribution in [2.45, 2.75) is 38.0 Å². The summed E-state index contributed by atoms with van der Waals surface area (Å²) in [5, 5.41) is 9.20. The Labute approximate surface area is 229 Å².